The Balaban J connectivity index is 2.31. The molecule has 1 aliphatic carbocycles. The fraction of sp³-hybridized carbons (Fsp3) is 0.294. The Bertz CT molecular complexity index is 793. The minimum absolute atomic E-state index is 0.149. The summed E-state index contributed by atoms with van der Waals surface area (Å²) < 4.78 is 26.8. The molecule has 3 rings (SSSR count). The first-order valence-corrected chi connectivity index (χ1v) is 7.18. The van der Waals surface area contributed by atoms with Gasteiger partial charge in [0.25, 0.3) is 0 Å². The van der Waals surface area contributed by atoms with Gasteiger partial charge in [-0.15, -0.1) is 0 Å². The van der Waals surface area contributed by atoms with Crippen molar-refractivity contribution in [1.82, 2.24) is 4.98 Å². The summed E-state index contributed by atoms with van der Waals surface area (Å²) in [7, 11) is 0. The van der Waals surface area contributed by atoms with Crippen molar-refractivity contribution >= 4 is 5.82 Å². The van der Waals surface area contributed by atoms with Gasteiger partial charge in [-0.3, -0.25) is 0 Å². The van der Waals surface area contributed by atoms with Gasteiger partial charge in [0.2, 0.25) is 0 Å². The van der Waals surface area contributed by atoms with E-state index in [1.54, 1.807) is 0 Å². The molecule has 22 heavy (non-hydrogen) atoms. The van der Waals surface area contributed by atoms with Crippen molar-refractivity contribution in [2.45, 2.75) is 26.2 Å². The van der Waals surface area contributed by atoms with Crippen LogP contribution >= 0.6 is 0 Å². The van der Waals surface area contributed by atoms with Gasteiger partial charge in [-0.25, -0.2) is 13.8 Å². The van der Waals surface area contributed by atoms with E-state index in [9.17, 15) is 14.0 Å². The van der Waals surface area contributed by atoms with Crippen LogP contribution in [0.5, 0.6) is 0 Å². The number of anilines is 1. The topological polar surface area (TPSA) is 62.7 Å². The minimum Gasteiger partial charge on any atom is -0.383 e. The summed E-state index contributed by atoms with van der Waals surface area (Å²) in [5, 5.41) is 9.41. The van der Waals surface area contributed by atoms with Crippen molar-refractivity contribution in [2.75, 3.05) is 5.73 Å². The lowest BCUT2D eigenvalue weighted by Gasteiger charge is -2.25. The molecule has 1 aliphatic rings. The minimum atomic E-state index is -0.936. The van der Waals surface area contributed by atoms with Crippen molar-refractivity contribution in [3.63, 3.8) is 0 Å². The Morgan fingerprint density at radius 3 is 2.77 bits per heavy atom. The van der Waals surface area contributed by atoms with Crippen molar-refractivity contribution in [2.24, 2.45) is 5.92 Å². The highest BCUT2D eigenvalue weighted by molar-refractivity contribution is 5.79. The molecule has 0 radical (unpaired) electrons. The zero-order chi connectivity index (χ0) is 15.9. The lowest BCUT2D eigenvalue weighted by Crippen LogP contribution is -2.16. The number of halogens is 2. The summed E-state index contributed by atoms with van der Waals surface area (Å²) in [6.45, 7) is 2.13. The van der Waals surface area contributed by atoms with E-state index in [1.165, 1.54) is 6.07 Å². The predicted molar refractivity (Wildman–Crippen MR) is 79.9 cm³/mol. The number of nitrogen functional groups attached to an aromatic ring is 1. The number of hydrogen-bond acceptors (Lipinski definition) is 3. The number of pyridine rings is 1. The van der Waals surface area contributed by atoms with Crippen LogP contribution in [0.1, 0.15) is 30.2 Å². The fourth-order valence-electron chi connectivity index (χ4n) is 3.04. The number of hydrogen-bond donors (Lipinski definition) is 1. The molecular weight excluding hydrogens is 284 g/mol. The lowest BCUT2D eigenvalue weighted by molar-refractivity contribution is 0.495. The molecule has 0 saturated heterocycles. The monoisotopic (exact) mass is 299 g/mol. The summed E-state index contributed by atoms with van der Waals surface area (Å²) in [4.78, 5) is 4.33. The Hall–Kier alpha value is -2.48. The molecule has 0 amide bonds. The summed E-state index contributed by atoms with van der Waals surface area (Å²) in [6, 6.07) is 5.72. The van der Waals surface area contributed by atoms with E-state index in [2.05, 4.69) is 18.0 Å². The van der Waals surface area contributed by atoms with Crippen LogP contribution in [0, 0.1) is 28.9 Å². The molecule has 2 N–H and O–H groups in total. The van der Waals surface area contributed by atoms with Gasteiger partial charge in [-0.2, -0.15) is 5.26 Å². The summed E-state index contributed by atoms with van der Waals surface area (Å²) >= 11 is 0. The lowest BCUT2D eigenvalue weighted by atomic mass is 9.82. The van der Waals surface area contributed by atoms with Gasteiger partial charge in [-0.05, 0) is 48.4 Å². The van der Waals surface area contributed by atoms with E-state index < -0.39 is 11.6 Å². The van der Waals surface area contributed by atoms with Gasteiger partial charge >= 0.3 is 0 Å². The second kappa shape index (κ2) is 5.38. The Kier molecular flexibility index (Phi) is 3.53. The van der Waals surface area contributed by atoms with Gasteiger partial charge in [0.05, 0.1) is 0 Å². The molecule has 0 aliphatic heterocycles. The van der Waals surface area contributed by atoms with Crippen molar-refractivity contribution in [3.05, 3.63) is 46.7 Å². The third-order valence-corrected chi connectivity index (χ3v) is 4.16. The molecule has 1 aromatic carbocycles. The van der Waals surface area contributed by atoms with Crippen LogP contribution in [0.25, 0.3) is 11.1 Å². The number of nitrogens with zero attached hydrogens (tertiary/aromatic N) is 2. The highest BCUT2D eigenvalue weighted by atomic mass is 19.2. The second-order valence-corrected chi connectivity index (χ2v) is 5.76. The van der Waals surface area contributed by atoms with Gasteiger partial charge in [-0.1, -0.05) is 13.0 Å². The summed E-state index contributed by atoms with van der Waals surface area (Å²) in [5.74, 6) is -1.25. The van der Waals surface area contributed by atoms with Crippen LogP contribution in [0.2, 0.25) is 0 Å². The first-order chi connectivity index (χ1) is 10.5. The highest BCUT2D eigenvalue weighted by Crippen LogP contribution is 2.37. The van der Waals surface area contributed by atoms with E-state index >= 15 is 0 Å². The SMILES string of the molecule is CC1CCc2nc(N)c(C#N)c(-c3ccc(F)c(F)c3)c2C1. The molecular formula is C17H15F2N3. The Labute approximate surface area is 127 Å². The molecule has 0 bridgehead atoms. The number of rotatable bonds is 1. The summed E-state index contributed by atoms with van der Waals surface area (Å²) in [6.07, 6.45) is 2.54. The molecule has 1 aromatic heterocycles. The van der Waals surface area contributed by atoms with E-state index in [1.807, 2.05) is 0 Å². The quantitative estimate of drug-likeness (QED) is 0.875. The van der Waals surface area contributed by atoms with Gasteiger partial charge in [0.15, 0.2) is 11.6 Å². The van der Waals surface area contributed by atoms with Crippen LogP contribution in [-0.4, -0.2) is 4.98 Å². The van der Waals surface area contributed by atoms with Crippen molar-refractivity contribution < 1.29 is 8.78 Å². The van der Waals surface area contributed by atoms with E-state index in [0.717, 1.165) is 42.7 Å². The Morgan fingerprint density at radius 2 is 2.09 bits per heavy atom. The average molecular weight is 299 g/mol. The van der Waals surface area contributed by atoms with Gasteiger partial charge in [0.1, 0.15) is 17.5 Å². The van der Waals surface area contributed by atoms with Gasteiger partial charge in [0, 0.05) is 11.3 Å². The largest absolute Gasteiger partial charge is 0.383 e. The first-order valence-electron chi connectivity index (χ1n) is 7.18. The van der Waals surface area contributed by atoms with E-state index in [0.29, 0.717) is 17.0 Å². The highest BCUT2D eigenvalue weighted by Gasteiger charge is 2.25. The maximum atomic E-state index is 13.6. The maximum Gasteiger partial charge on any atom is 0.159 e. The number of fused-ring (bicyclic) bond motifs is 1. The van der Waals surface area contributed by atoms with Crippen molar-refractivity contribution in [1.29, 1.82) is 5.26 Å². The molecule has 1 heterocycles. The third kappa shape index (κ3) is 2.31. The van der Waals surface area contributed by atoms with Crippen LogP contribution < -0.4 is 5.73 Å². The normalized spacial score (nSPS) is 16.9. The predicted octanol–water partition coefficient (Wildman–Crippen LogP) is 3.61. The second-order valence-electron chi connectivity index (χ2n) is 5.76. The zero-order valence-electron chi connectivity index (χ0n) is 12.2. The van der Waals surface area contributed by atoms with Crippen LogP contribution in [0.4, 0.5) is 14.6 Å². The molecule has 3 nitrogen and oxygen atoms in total. The molecule has 1 unspecified atom stereocenters. The van der Waals surface area contributed by atoms with Crippen molar-refractivity contribution in [3.8, 4) is 17.2 Å². The number of nitriles is 1. The smallest absolute Gasteiger partial charge is 0.159 e. The number of benzene rings is 1. The van der Waals surface area contributed by atoms with Crippen LogP contribution in [0.15, 0.2) is 18.2 Å². The molecule has 0 saturated carbocycles. The van der Waals surface area contributed by atoms with Gasteiger partial charge < -0.3 is 5.73 Å². The van der Waals surface area contributed by atoms with E-state index in [-0.39, 0.29) is 11.4 Å². The number of nitrogens with two attached hydrogens (primary N) is 1. The molecule has 5 heteroatoms. The molecule has 1 atom stereocenters. The zero-order valence-corrected chi connectivity index (χ0v) is 12.2. The molecule has 2 aromatic rings. The molecule has 0 fully saturated rings. The maximum absolute atomic E-state index is 13.6. The Morgan fingerprint density at radius 1 is 1.32 bits per heavy atom. The standard InChI is InChI=1S/C17H15F2N3/c1-9-2-5-15-11(6-9)16(12(8-20)17(21)22-15)10-3-4-13(18)14(19)7-10/h3-4,7,9H,2,5-6H2,1H3,(H2,21,22). The summed E-state index contributed by atoms with van der Waals surface area (Å²) in [5.41, 5.74) is 8.97. The molecule has 0 spiro atoms. The van der Waals surface area contributed by atoms with Crippen LogP contribution in [-0.2, 0) is 12.8 Å². The average Bonchev–Trinajstić information content (AvgIpc) is 2.49. The number of aryl methyl sites for hydroxylation is 1. The first kappa shape index (κ1) is 14.5. The number of aromatic nitrogens is 1. The third-order valence-electron chi connectivity index (χ3n) is 4.16. The van der Waals surface area contributed by atoms with Crippen LogP contribution in [0.3, 0.4) is 0 Å². The van der Waals surface area contributed by atoms with E-state index in [4.69, 9.17) is 5.73 Å². The fourth-order valence-corrected chi connectivity index (χ4v) is 3.04. The molecule has 112 valence electrons.